The van der Waals surface area contributed by atoms with Crippen LogP contribution >= 0.6 is 0 Å². The second kappa shape index (κ2) is 15.3. The normalized spacial score (nSPS) is 13.8. The molecule has 0 saturated carbocycles. The Morgan fingerprint density at radius 1 is 1.02 bits per heavy atom. The average Bonchev–Trinajstić information content (AvgIpc) is 3.53. The summed E-state index contributed by atoms with van der Waals surface area (Å²) in [6.45, 7) is 9.97. The first-order chi connectivity index (χ1) is 23.3. The molecule has 1 aliphatic heterocycles. The van der Waals surface area contributed by atoms with Crippen molar-refractivity contribution in [2.75, 3.05) is 24.8 Å². The van der Waals surface area contributed by atoms with E-state index in [4.69, 9.17) is 10.5 Å². The molecule has 1 aliphatic rings. The van der Waals surface area contributed by atoms with E-state index in [2.05, 4.69) is 41.7 Å². The van der Waals surface area contributed by atoms with Crippen LogP contribution in [0.2, 0.25) is 25.7 Å². The van der Waals surface area contributed by atoms with Crippen LogP contribution < -0.4 is 10.6 Å². The van der Waals surface area contributed by atoms with Gasteiger partial charge in [-0.05, 0) is 50.1 Å². The minimum Gasteiger partial charge on any atom is -0.366 e. The molecule has 1 saturated heterocycles. The molecule has 3 heterocycles. The van der Waals surface area contributed by atoms with Crippen molar-refractivity contribution in [3.63, 3.8) is 0 Å². The zero-order chi connectivity index (χ0) is 35.3. The first-order valence-electron chi connectivity index (χ1n) is 17.0. The standard InChI is InChI=1S/C36H46FN7O4Si/c1-25-28-15-14-27(34(38)46)22-32(28)44(39-25)17-12-10-8-6-7-9-11-13-26-21-31-29(23-30(26)37)35(40-41(31)2)42-18-16-33(45)43(36(42)47)24-48-19-20-49(3,4)5/h14-15,21-23H,6-10,12,16-20,24H2,1-5H3,(H2,38,46). The number of ether oxygens (including phenoxy) is 1. The van der Waals surface area contributed by atoms with E-state index in [1.54, 1.807) is 23.9 Å². The molecule has 0 aliphatic carbocycles. The monoisotopic (exact) mass is 687 g/mol. The maximum atomic E-state index is 15.3. The number of amides is 4. The number of primary amides is 1. The summed E-state index contributed by atoms with van der Waals surface area (Å²) in [6, 6.07) is 8.89. The molecule has 1 fully saturated rings. The van der Waals surface area contributed by atoms with E-state index in [1.165, 1.54) is 11.0 Å². The van der Waals surface area contributed by atoms with Gasteiger partial charge in [-0.15, -0.1) is 0 Å². The summed E-state index contributed by atoms with van der Waals surface area (Å²) >= 11 is 0. The van der Waals surface area contributed by atoms with Crippen molar-refractivity contribution < 1.29 is 23.5 Å². The number of aromatic nitrogens is 4. The SMILES string of the molecule is Cc1nn(CCCCCCCC#Cc2cc3c(cc2F)c(N2CCC(=O)N(COCC[Si](C)(C)C)C2=O)nn3C)c2cc(C(N)=O)ccc12. The van der Waals surface area contributed by atoms with Gasteiger partial charge in [-0.1, -0.05) is 56.8 Å². The number of halogens is 1. The number of hydrogen-bond acceptors (Lipinski definition) is 6. The second-order valence-electron chi connectivity index (χ2n) is 13.9. The number of benzene rings is 2. The molecular weight excluding hydrogens is 642 g/mol. The number of anilines is 1. The molecule has 260 valence electrons. The number of rotatable bonds is 14. The molecule has 2 N–H and O–H groups in total. The van der Waals surface area contributed by atoms with E-state index < -0.39 is 25.8 Å². The van der Waals surface area contributed by atoms with Crippen molar-refractivity contribution in [1.82, 2.24) is 24.5 Å². The van der Waals surface area contributed by atoms with Gasteiger partial charge in [0, 0.05) is 64.0 Å². The number of aryl methyl sites for hydroxylation is 3. The molecule has 0 bridgehead atoms. The van der Waals surface area contributed by atoms with E-state index in [1.807, 2.05) is 23.7 Å². The lowest BCUT2D eigenvalue weighted by Crippen LogP contribution is -2.53. The summed E-state index contributed by atoms with van der Waals surface area (Å²) in [5.41, 5.74) is 8.72. The molecule has 0 unspecified atom stereocenters. The van der Waals surface area contributed by atoms with Gasteiger partial charge in [0.1, 0.15) is 12.5 Å². The fraction of sp³-hybridized carbons (Fsp3) is 0.472. The van der Waals surface area contributed by atoms with Gasteiger partial charge < -0.3 is 10.5 Å². The molecular formula is C36H46FN7O4Si. The Balaban J connectivity index is 1.12. The van der Waals surface area contributed by atoms with Gasteiger partial charge in [0.05, 0.1) is 22.3 Å². The Hall–Kier alpha value is -4.54. The Morgan fingerprint density at radius 3 is 2.53 bits per heavy atom. The van der Waals surface area contributed by atoms with Crippen LogP contribution in [0.4, 0.5) is 15.0 Å². The highest BCUT2D eigenvalue weighted by molar-refractivity contribution is 6.76. The smallest absolute Gasteiger partial charge is 0.334 e. The molecule has 11 nitrogen and oxygen atoms in total. The van der Waals surface area contributed by atoms with E-state index in [0.29, 0.717) is 35.3 Å². The van der Waals surface area contributed by atoms with Gasteiger partial charge in [-0.2, -0.15) is 10.2 Å². The third-order valence-corrected chi connectivity index (χ3v) is 10.5. The van der Waals surface area contributed by atoms with Crippen LogP contribution in [0.3, 0.4) is 0 Å². The molecule has 4 aromatic rings. The van der Waals surface area contributed by atoms with Crippen LogP contribution in [0.1, 0.15) is 66.6 Å². The van der Waals surface area contributed by atoms with Gasteiger partial charge in [0.2, 0.25) is 11.8 Å². The van der Waals surface area contributed by atoms with Crippen molar-refractivity contribution in [1.29, 1.82) is 0 Å². The predicted octanol–water partition coefficient (Wildman–Crippen LogP) is 6.33. The molecule has 0 spiro atoms. The summed E-state index contributed by atoms with van der Waals surface area (Å²) < 4.78 is 24.5. The Kier molecular flexibility index (Phi) is 11.2. The Labute approximate surface area is 287 Å². The highest BCUT2D eigenvalue weighted by atomic mass is 28.3. The summed E-state index contributed by atoms with van der Waals surface area (Å²) in [5, 5.41) is 10.7. The predicted molar refractivity (Wildman–Crippen MR) is 191 cm³/mol. The van der Waals surface area contributed by atoms with Crippen molar-refractivity contribution in [3.8, 4) is 11.8 Å². The number of nitrogens with zero attached hydrogens (tertiary/aromatic N) is 6. The van der Waals surface area contributed by atoms with Gasteiger partial charge >= 0.3 is 6.03 Å². The molecule has 0 atom stereocenters. The van der Waals surface area contributed by atoms with E-state index >= 15 is 4.39 Å². The number of fused-ring (bicyclic) bond motifs is 2. The summed E-state index contributed by atoms with van der Waals surface area (Å²) in [5.74, 6) is 5.18. The zero-order valence-corrected chi connectivity index (χ0v) is 30.1. The lowest BCUT2D eigenvalue weighted by Gasteiger charge is -2.33. The molecule has 2 aromatic carbocycles. The fourth-order valence-corrected chi connectivity index (χ4v) is 6.69. The van der Waals surface area contributed by atoms with E-state index in [0.717, 1.165) is 66.2 Å². The average molecular weight is 688 g/mol. The highest BCUT2D eigenvalue weighted by Gasteiger charge is 2.35. The lowest BCUT2D eigenvalue weighted by atomic mass is 10.1. The van der Waals surface area contributed by atoms with Crippen LogP contribution in [-0.4, -0.2) is 70.3 Å². The molecule has 2 aromatic heterocycles. The zero-order valence-electron chi connectivity index (χ0n) is 29.1. The van der Waals surface area contributed by atoms with Crippen molar-refractivity contribution in [2.45, 2.75) is 84.1 Å². The van der Waals surface area contributed by atoms with Gasteiger partial charge in [-0.25, -0.2) is 14.1 Å². The molecule has 5 rings (SSSR count). The van der Waals surface area contributed by atoms with Gasteiger partial charge in [-0.3, -0.25) is 23.9 Å². The summed E-state index contributed by atoms with van der Waals surface area (Å²) in [7, 11) is 0.427. The van der Waals surface area contributed by atoms with Crippen LogP contribution in [0, 0.1) is 24.6 Å². The van der Waals surface area contributed by atoms with Crippen molar-refractivity contribution in [3.05, 3.63) is 53.0 Å². The largest absolute Gasteiger partial charge is 0.366 e. The second-order valence-corrected chi connectivity index (χ2v) is 19.5. The molecule has 13 heteroatoms. The minimum absolute atomic E-state index is 0.111. The Morgan fingerprint density at radius 2 is 1.78 bits per heavy atom. The number of hydrogen-bond donors (Lipinski definition) is 1. The third-order valence-electron chi connectivity index (χ3n) is 8.82. The lowest BCUT2D eigenvalue weighted by molar-refractivity contribution is -0.133. The Bertz CT molecular complexity index is 1930. The molecule has 4 amide bonds. The number of carbonyl (C=O) groups is 3. The van der Waals surface area contributed by atoms with Crippen LogP contribution in [0.25, 0.3) is 21.8 Å². The van der Waals surface area contributed by atoms with Gasteiger partial charge in [0.25, 0.3) is 0 Å². The third kappa shape index (κ3) is 8.55. The molecule has 49 heavy (non-hydrogen) atoms. The number of imide groups is 1. The van der Waals surface area contributed by atoms with Crippen LogP contribution in [-0.2, 0) is 23.1 Å². The van der Waals surface area contributed by atoms with Gasteiger partial charge in [0.15, 0.2) is 5.82 Å². The number of carbonyl (C=O) groups excluding carboxylic acids is 3. The number of nitrogens with two attached hydrogens (primary N) is 1. The highest BCUT2D eigenvalue weighted by Crippen LogP contribution is 2.30. The number of unbranched alkanes of at least 4 members (excludes halogenated alkanes) is 5. The quantitative estimate of drug-likeness (QED) is 0.0937. The van der Waals surface area contributed by atoms with Crippen molar-refractivity contribution >= 4 is 53.5 Å². The fourth-order valence-electron chi connectivity index (χ4n) is 5.93. The van der Waals surface area contributed by atoms with Crippen LogP contribution in [0.5, 0.6) is 0 Å². The van der Waals surface area contributed by atoms with Crippen molar-refractivity contribution in [2.24, 2.45) is 12.8 Å². The maximum Gasteiger partial charge on any atom is 0.334 e. The van der Waals surface area contributed by atoms with E-state index in [9.17, 15) is 14.4 Å². The first-order valence-corrected chi connectivity index (χ1v) is 20.7. The minimum atomic E-state index is -1.31. The summed E-state index contributed by atoms with van der Waals surface area (Å²) in [6.07, 6.45) is 5.75. The van der Waals surface area contributed by atoms with E-state index in [-0.39, 0.29) is 31.2 Å². The maximum absolute atomic E-state index is 15.3. The topological polar surface area (TPSA) is 129 Å². The number of urea groups is 1. The van der Waals surface area contributed by atoms with Crippen LogP contribution in [0.15, 0.2) is 30.3 Å². The summed E-state index contributed by atoms with van der Waals surface area (Å²) in [4.78, 5) is 40.0. The first kappa shape index (κ1) is 35.8. The molecule has 0 radical (unpaired) electrons.